The van der Waals surface area contributed by atoms with Gasteiger partial charge >= 0.3 is 0 Å². The van der Waals surface area contributed by atoms with Crippen molar-refractivity contribution in [2.45, 2.75) is 39.0 Å². The van der Waals surface area contributed by atoms with Gasteiger partial charge in [-0.2, -0.15) is 5.10 Å². The number of carbonyl (C=O) groups is 1. The zero-order valence-electron chi connectivity index (χ0n) is 16.9. The van der Waals surface area contributed by atoms with Gasteiger partial charge < -0.3 is 9.64 Å². The van der Waals surface area contributed by atoms with Crippen LogP contribution in [0.3, 0.4) is 0 Å². The highest BCUT2D eigenvalue weighted by molar-refractivity contribution is 6.07. The van der Waals surface area contributed by atoms with E-state index in [1.54, 1.807) is 7.11 Å². The lowest BCUT2D eigenvalue weighted by Crippen LogP contribution is -2.36. The SMILES string of the molecule is COc1cccc2c1N(C(=O)c1nn(-c3ccccc3C)c3c1CCC3)CCC2. The van der Waals surface area contributed by atoms with Gasteiger partial charge in [0, 0.05) is 17.8 Å². The largest absolute Gasteiger partial charge is 0.495 e. The Labute approximate surface area is 170 Å². The van der Waals surface area contributed by atoms with Crippen molar-refractivity contribution in [1.82, 2.24) is 9.78 Å². The molecule has 2 aromatic carbocycles. The molecule has 5 rings (SSSR count). The van der Waals surface area contributed by atoms with Crippen molar-refractivity contribution >= 4 is 11.6 Å². The van der Waals surface area contributed by atoms with Crippen LogP contribution in [0.15, 0.2) is 42.5 Å². The minimum Gasteiger partial charge on any atom is -0.495 e. The first-order valence-electron chi connectivity index (χ1n) is 10.3. The lowest BCUT2D eigenvalue weighted by atomic mass is 10.00. The Kier molecular flexibility index (Phi) is 4.38. The number of aromatic nitrogens is 2. The molecule has 0 spiro atoms. The van der Waals surface area contributed by atoms with E-state index in [0.29, 0.717) is 12.2 Å². The molecular formula is C24H25N3O2. The monoisotopic (exact) mass is 387 g/mol. The summed E-state index contributed by atoms with van der Waals surface area (Å²) in [6.45, 7) is 2.78. The van der Waals surface area contributed by atoms with Gasteiger partial charge in [0.1, 0.15) is 5.75 Å². The molecule has 1 amide bonds. The zero-order chi connectivity index (χ0) is 20.0. The number of aryl methyl sites for hydroxylation is 2. The molecular weight excluding hydrogens is 362 g/mol. The zero-order valence-corrected chi connectivity index (χ0v) is 16.9. The summed E-state index contributed by atoms with van der Waals surface area (Å²) >= 11 is 0. The molecule has 5 heteroatoms. The van der Waals surface area contributed by atoms with Crippen LogP contribution < -0.4 is 9.64 Å². The van der Waals surface area contributed by atoms with Crippen molar-refractivity contribution in [1.29, 1.82) is 0 Å². The van der Waals surface area contributed by atoms with E-state index in [4.69, 9.17) is 9.84 Å². The molecule has 0 bridgehead atoms. The van der Waals surface area contributed by atoms with Crippen molar-refractivity contribution in [2.24, 2.45) is 0 Å². The van der Waals surface area contributed by atoms with Crippen LogP contribution in [-0.2, 0) is 19.3 Å². The van der Waals surface area contributed by atoms with Crippen molar-refractivity contribution in [3.63, 3.8) is 0 Å². The van der Waals surface area contributed by atoms with Crippen LogP contribution in [0.2, 0.25) is 0 Å². The van der Waals surface area contributed by atoms with Gasteiger partial charge in [0.15, 0.2) is 5.69 Å². The van der Waals surface area contributed by atoms with Crippen LogP contribution >= 0.6 is 0 Å². The normalized spacial score (nSPS) is 15.2. The smallest absolute Gasteiger partial charge is 0.279 e. The van der Waals surface area contributed by atoms with E-state index in [9.17, 15) is 4.79 Å². The summed E-state index contributed by atoms with van der Waals surface area (Å²) in [5, 5.41) is 4.85. The van der Waals surface area contributed by atoms with Gasteiger partial charge in [0.25, 0.3) is 5.91 Å². The molecule has 0 saturated heterocycles. The van der Waals surface area contributed by atoms with Gasteiger partial charge in [-0.3, -0.25) is 4.79 Å². The number of rotatable bonds is 3. The average Bonchev–Trinajstić information content (AvgIpc) is 3.36. The summed E-state index contributed by atoms with van der Waals surface area (Å²) in [6.07, 6.45) is 4.86. The Morgan fingerprint density at radius 3 is 2.72 bits per heavy atom. The molecule has 0 N–H and O–H groups in total. The summed E-state index contributed by atoms with van der Waals surface area (Å²) in [5.41, 5.74) is 7.18. The van der Waals surface area contributed by atoms with Gasteiger partial charge in [-0.25, -0.2) is 4.68 Å². The fourth-order valence-electron chi connectivity index (χ4n) is 4.72. The number of hydrogen-bond donors (Lipinski definition) is 0. The number of ether oxygens (including phenoxy) is 1. The second kappa shape index (κ2) is 7.07. The number of nitrogens with zero attached hydrogens (tertiary/aromatic N) is 3. The predicted octanol–water partition coefficient (Wildman–Crippen LogP) is 4.27. The molecule has 0 fully saturated rings. The maximum atomic E-state index is 13.7. The number of para-hydroxylation sites is 2. The summed E-state index contributed by atoms with van der Waals surface area (Å²) in [4.78, 5) is 15.6. The quantitative estimate of drug-likeness (QED) is 0.674. The highest BCUT2D eigenvalue weighted by Gasteiger charge is 2.33. The van der Waals surface area contributed by atoms with E-state index in [2.05, 4.69) is 25.1 Å². The molecule has 0 atom stereocenters. The van der Waals surface area contributed by atoms with Crippen LogP contribution in [0.5, 0.6) is 5.75 Å². The Morgan fingerprint density at radius 1 is 1.03 bits per heavy atom. The molecule has 2 heterocycles. The molecule has 0 radical (unpaired) electrons. The minimum atomic E-state index is -0.0130. The first kappa shape index (κ1) is 18.0. The van der Waals surface area contributed by atoms with Crippen LogP contribution in [0.1, 0.15) is 45.7 Å². The second-order valence-corrected chi connectivity index (χ2v) is 7.85. The van der Waals surface area contributed by atoms with Crippen LogP contribution in [-0.4, -0.2) is 29.3 Å². The highest BCUT2D eigenvalue weighted by Crippen LogP contribution is 2.38. The minimum absolute atomic E-state index is 0.0130. The average molecular weight is 387 g/mol. The molecule has 1 aliphatic carbocycles. The van der Waals surface area contributed by atoms with Crippen LogP contribution in [0.25, 0.3) is 5.69 Å². The predicted molar refractivity (Wildman–Crippen MR) is 113 cm³/mol. The molecule has 2 aliphatic rings. The Morgan fingerprint density at radius 2 is 1.90 bits per heavy atom. The van der Waals surface area contributed by atoms with Crippen molar-refractivity contribution in [2.75, 3.05) is 18.6 Å². The number of benzene rings is 2. The number of methoxy groups -OCH3 is 1. The fraction of sp³-hybridized carbons (Fsp3) is 0.333. The van der Waals surface area contributed by atoms with Gasteiger partial charge in [-0.05, 0) is 62.3 Å². The van der Waals surface area contributed by atoms with Crippen LogP contribution in [0, 0.1) is 6.92 Å². The Balaban J connectivity index is 1.61. The van der Waals surface area contributed by atoms with Crippen molar-refractivity contribution < 1.29 is 9.53 Å². The lowest BCUT2D eigenvalue weighted by molar-refractivity contribution is 0.0978. The number of carbonyl (C=O) groups excluding carboxylic acids is 1. The van der Waals surface area contributed by atoms with E-state index in [-0.39, 0.29) is 5.91 Å². The van der Waals surface area contributed by atoms with E-state index in [1.807, 2.05) is 33.8 Å². The summed E-state index contributed by atoms with van der Waals surface area (Å²) < 4.78 is 7.59. The summed E-state index contributed by atoms with van der Waals surface area (Å²) in [7, 11) is 1.66. The maximum absolute atomic E-state index is 13.7. The van der Waals surface area contributed by atoms with E-state index in [1.165, 1.54) is 11.3 Å². The third-order valence-electron chi connectivity index (χ3n) is 6.12. The van der Waals surface area contributed by atoms with Crippen molar-refractivity contribution in [3.8, 4) is 11.4 Å². The number of fused-ring (bicyclic) bond motifs is 2. The summed E-state index contributed by atoms with van der Waals surface area (Å²) in [6, 6.07) is 14.2. The van der Waals surface area contributed by atoms with Gasteiger partial charge in [0.05, 0.1) is 18.5 Å². The van der Waals surface area contributed by atoms with Gasteiger partial charge in [-0.1, -0.05) is 30.3 Å². The van der Waals surface area contributed by atoms with Gasteiger partial charge in [0.2, 0.25) is 0 Å². The number of anilines is 1. The van der Waals surface area contributed by atoms with Crippen LogP contribution in [0.4, 0.5) is 5.69 Å². The second-order valence-electron chi connectivity index (χ2n) is 7.85. The highest BCUT2D eigenvalue weighted by atomic mass is 16.5. The number of hydrogen-bond acceptors (Lipinski definition) is 3. The maximum Gasteiger partial charge on any atom is 0.279 e. The molecule has 29 heavy (non-hydrogen) atoms. The third kappa shape index (κ3) is 2.84. The molecule has 0 unspecified atom stereocenters. The van der Waals surface area contributed by atoms with E-state index in [0.717, 1.165) is 60.4 Å². The van der Waals surface area contributed by atoms with Crippen molar-refractivity contribution in [3.05, 3.63) is 70.5 Å². The topological polar surface area (TPSA) is 47.4 Å². The van der Waals surface area contributed by atoms with E-state index < -0.39 is 0 Å². The first-order valence-corrected chi connectivity index (χ1v) is 10.3. The molecule has 1 aliphatic heterocycles. The van der Waals surface area contributed by atoms with Gasteiger partial charge in [-0.15, -0.1) is 0 Å². The molecule has 5 nitrogen and oxygen atoms in total. The number of amides is 1. The Hall–Kier alpha value is -3.08. The molecule has 148 valence electrons. The first-order chi connectivity index (χ1) is 14.2. The fourth-order valence-corrected chi connectivity index (χ4v) is 4.72. The lowest BCUT2D eigenvalue weighted by Gasteiger charge is -2.30. The standard InChI is InChI=1S/C24H25N3O2/c1-16-8-3-4-12-19(16)27-20-13-6-11-18(20)22(25-27)24(28)26-15-7-10-17-9-5-14-21(29-2)23(17)26/h3-5,8-9,12,14H,6-7,10-11,13,15H2,1-2H3. The van der Waals surface area contributed by atoms with E-state index >= 15 is 0 Å². The molecule has 3 aromatic rings. The summed E-state index contributed by atoms with van der Waals surface area (Å²) in [5.74, 6) is 0.742. The third-order valence-corrected chi connectivity index (χ3v) is 6.12. The molecule has 1 aromatic heterocycles. The Bertz CT molecular complexity index is 1090. The molecule has 0 saturated carbocycles.